The van der Waals surface area contributed by atoms with Crippen molar-refractivity contribution in [3.8, 4) is 5.75 Å². The molecule has 1 aromatic heterocycles. The molecule has 1 unspecified atom stereocenters. The molecular formula is C17H20N4O3. The molecule has 1 aliphatic heterocycles. The van der Waals surface area contributed by atoms with E-state index in [2.05, 4.69) is 20.8 Å². The largest absolute Gasteiger partial charge is 0.497 e. The standard InChI is InChI=1S/C17H20N4O3/c1-23-13-5-2-4-12(10-13)19-16-8-7-15(20-21-16)17(22)18-11-14-6-3-9-24-14/h2,4-5,7-8,10,14H,3,6,9,11H2,1H3,(H,18,22)(H,19,21). The van der Waals surface area contributed by atoms with Gasteiger partial charge in [0.2, 0.25) is 0 Å². The third-order valence-electron chi connectivity index (χ3n) is 3.75. The highest BCUT2D eigenvalue weighted by Crippen LogP contribution is 2.19. The van der Waals surface area contributed by atoms with E-state index >= 15 is 0 Å². The van der Waals surface area contributed by atoms with Crippen molar-refractivity contribution >= 4 is 17.4 Å². The molecule has 0 bridgehead atoms. The molecule has 1 amide bonds. The van der Waals surface area contributed by atoms with Gasteiger partial charge in [0.25, 0.3) is 5.91 Å². The molecule has 126 valence electrons. The van der Waals surface area contributed by atoms with E-state index in [1.165, 1.54) is 0 Å². The first kappa shape index (κ1) is 16.2. The number of anilines is 2. The van der Waals surface area contributed by atoms with Gasteiger partial charge in [-0.2, -0.15) is 0 Å². The van der Waals surface area contributed by atoms with Crippen molar-refractivity contribution in [2.24, 2.45) is 0 Å². The summed E-state index contributed by atoms with van der Waals surface area (Å²) in [7, 11) is 1.61. The zero-order valence-electron chi connectivity index (χ0n) is 13.5. The first-order valence-corrected chi connectivity index (χ1v) is 7.89. The predicted molar refractivity (Wildman–Crippen MR) is 89.6 cm³/mol. The predicted octanol–water partition coefficient (Wildman–Crippen LogP) is 2.14. The first-order chi connectivity index (χ1) is 11.7. The van der Waals surface area contributed by atoms with Gasteiger partial charge in [-0.1, -0.05) is 6.07 Å². The Morgan fingerprint density at radius 3 is 2.96 bits per heavy atom. The Hall–Kier alpha value is -2.67. The highest BCUT2D eigenvalue weighted by molar-refractivity contribution is 5.92. The van der Waals surface area contributed by atoms with Crippen LogP contribution in [0.25, 0.3) is 0 Å². The lowest BCUT2D eigenvalue weighted by atomic mass is 10.2. The van der Waals surface area contributed by atoms with Gasteiger partial charge in [-0.05, 0) is 37.1 Å². The quantitative estimate of drug-likeness (QED) is 0.845. The molecule has 2 N–H and O–H groups in total. The molecule has 0 radical (unpaired) electrons. The maximum Gasteiger partial charge on any atom is 0.271 e. The van der Waals surface area contributed by atoms with Crippen molar-refractivity contribution in [3.63, 3.8) is 0 Å². The molecule has 1 fully saturated rings. The third kappa shape index (κ3) is 4.20. The van der Waals surface area contributed by atoms with Gasteiger partial charge in [0.1, 0.15) is 5.75 Å². The second kappa shape index (κ2) is 7.74. The number of methoxy groups -OCH3 is 1. The number of nitrogens with one attached hydrogen (secondary N) is 2. The lowest BCUT2D eigenvalue weighted by Gasteiger charge is -2.10. The minimum atomic E-state index is -0.245. The fraction of sp³-hybridized carbons (Fsp3) is 0.353. The monoisotopic (exact) mass is 328 g/mol. The van der Waals surface area contributed by atoms with Crippen LogP contribution in [0.3, 0.4) is 0 Å². The number of nitrogens with zero attached hydrogens (tertiary/aromatic N) is 2. The van der Waals surface area contributed by atoms with Gasteiger partial charge in [0.15, 0.2) is 11.5 Å². The SMILES string of the molecule is COc1cccc(Nc2ccc(C(=O)NCC3CCCO3)nn2)c1. The van der Waals surface area contributed by atoms with Crippen LogP contribution in [0.2, 0.25) is 0 Å². The number of rotatable bonds is 6. The van der Waals surface area contributed by atoms with Crippen LogP contribution in [0.4, 0.5) is 11.5 Å². The molecule has 1 aromatic carbocycles. The molecule has 24 heavy (non-hydrogen) atoms. The molecule has 7 heteroatoms. The molecule has 0 spiro atoms. The van der Waals surface area contributed by atoms with Gasteiger partial charge in [-0.15, -0.1) is 10.2 Å². The van der Waals surface area contributed by atoms with Crippen LogP contribution in [0.1, 0.15) is 23.3 Å². The normalized spacial score (nSPS) is 16.6. The van der Waals surface area contributed by atoms with Crippen molar-refractivity contribution < 1.29 is 14.3 Å². The van der Waals surface area contributed by atoms with E-state index in [4.69, 9.17) is 9.47 Å². The molecule has 3 rings (SSSR count). The molecule has 1 atom stereocenters. The lowest BCUT2D eigenvalue weighted by molar-refractivity contribution is 0.0853. The fourth-order valence-corrected chi connectivity index (χ4v) is 2.47. The topological polar surface area (TPSA) is 85.4 Å². The van der Waals surface area contributed by atoms with Gasteiger partial charge in [0.05, 0.1) is 13.2 Å². The Labute approximate surface area is 140 Å². The summed E-state index contributed by atoms with van der Waals surface area (Å²) in [4.78, 5) is 12.0. The summed E-state index contributed by atoms with van der Waals surface area (Å²) in [6.45, 7) is 1.27. The summed E-state index contributed by atoms with van der Waals surface area (Å²) in [5.74, 6) is 1.06. The molecule has 0 saturated carbocycles. The summed E-state index contributed by atoms with van der Waals surface area (Å²) in [6, 6.07) is 10.8. The van der Waals surface area contributed by atoms with Gasteiger partial charge in [-0.25, -0.2) is 0 Å². The van der Waals surface area contributed by atoms with Crippen molar-refractivity contribution in [2.75, 3.05) is 25.6 Å². The molecule has 1 saturated heterocycles. The Kier molecular flexibility index (Phi) is 5.22. The number of hydrogen-bond donors (Lipinski definition) is 2. The Morgan fingerprint density at radius 1 is 1.33 bits per heavy atom. The number of ether oxygens (including phenoxy) is 2. The van der Waals surface area contributed by atoms with E-state index in [0.29, 0.717) is 12.4 Å². The molecule has 2 heterocycles. The summed E-state index contributed by atoms with van der Waals surface area (Å²) in [5.41, 5.74) is 1.11. The molecule has 2 aromatic rings. The summed E-state index contributed by atoms with van der Waals surface area (Å²) < 4.78 is 10.6. The number of carbonyl (C=O) groups is 1. The zero-order chi connectivity index (χ0) is 16.8. The minimum absolute atomic E-state index is 0.107. The van der Waals surface area contributed by atoms with E-state index in [-0.39, 0.29) is 17.7 Å². The van der Waals surface area contributed by atoms with Crippen LogP contribution in [0, 0.1) is 0 Å². The molecule has 1 aliphatic rings. The number of amides is 1. The summed E-state index contributed by atoms with van der Waals surface area (Å²) in [6.07, 6.45) is 2.14. The van der Waals surface area contributed by atoms with Crippen LogP contribution in [-0.4, -0.2) is 42.5 Å². The Morgan fingerprint density at radius 2 is 2.25 bits per heavy atom. The van der Waals surface area contributed by atoms with Gasteiger partial charge >= 0.3 is 0 Å². The number of hydrogen-bond acceptors (Lipinski definition) is 6. The molecular weight excluding hydrogens is 308 g/mol. The fourth-order valence-electron chi connectivity index (χ4n) is 2.47. The van der Waals surface area contributed by atoms with Crippen molar-refractivity contribution in [1.29, 1.82) is 0 Å². The average molecular weight is 328 g/mol. The number of benzene rings is 1. The van der Waals surface area contributed by atoms with E-state index in [9.17, 15) is 4.79 Å². The van der Waals surface area contributed by atoms with Gasteiger partial charge in [0, 0.05) is 24.9 Å². The average Bonchev–Trinajstić information content (AvgIpc) is 3.14. The number of aromatic nitrogens is 2. The summed E-state index contributed by atoms with van der Waals surface area (Å²) >= 11 is 0. The second-order valence-corrected chi connectivity index (χ2v) is 5.51. The van der Waals surface area contributed by atoms with Crippen LogP contribution in [-0.2, 0) is 4.74 Å². The van der Waals surface area contributed by atoms with Crippen molar-refractivity contribution in [2.45, 2.75) is 18.9 Å². The van der Waals surface area contributed by atoms with E-state index in [0.717, 1.165) is 30.9 Å². The summed E-state index contributed by atoms with van der Waals surface area (Å²) in [5, 5.41) is 13.9. The highest BCUT2D eigenvalue weighted by Gasteiger charge is 2.17. The highest BCUT2D eigenvalue weighted by atomic mass is 16.5. The van der Waals surface area contributed by atoms with E-state index in [1.54, 1.807) is 19.2 Å². The van der Waals surface area contributed by atoms with Crippen molar-refractivity contribution in [1.82, 2.24) is 15.5 Å². The minimum Gasteiger partial charge on any atom is -0.497 e. The maximum atomic E-state index is 12.0. The molecule has 0 aliphatic carbocycles. The second-order valence-electron chi connectivity index (χ2n) is 5.51. The van der Waals surface area contributed by atoms with E-state index in [1.807, 2.05) is 24.3 Å². The first-order valence-electron chi connectivity index (χ1n) is 7.89. The van der Waals surface area contributed by atoms with E-state index < -0.39 is 0 Å². The smallest absolute Gasteiger partial charge is 0.271 e. The van der Waals surface area contributed by atoms with Crippen LogP contribution in [0.15, 0.2) is 36.4 Å². The van der Waals surface area contributed by atoms with Gasteiger partial charge < -0.3 is 20.1 Å². The van der Waals surface area contributed by atoms with Crippen LogP contribution >= 0.6 is 0 Å². The third-order valence-corrected chi connectivity index (χ3v) is 3.75. The number of carbonyl (C=O) groups excluding carboxylic acids is 1. The van der Waals surface area contributed by atoms with Gasteiger partial charge in [-0.3, -0.25) is 4.79 Å². The zero-order valence-corrected chi connectivity index (χ0v) is 13.5. The van der Waals surface area contributed by atoms with Crippen LogP contribution < -0.4 is 15.4 Å². The Bertz CT molecular complexity index is 684. The lowest BCUT2D eigenvalue weighted by Crippen LogP contribution is -2.32. The van der Waals surface area contributed by atoms with Crippen LogP contribution in [0.5, 0.6) is 5.75 Å². The van der Waals surface area contributed by atoms with Crippen molar-refractivity contribution in [3.05, 3.63) is 42.1 Å². The maximum absolute atomic E-state index is 12.0. The molecule has 7 nitrogen and oxygen atoms in total. The Balaban J connectivity index is 1.56.